The third-order valence-electron chi connectivity index (χ3n) is 6.36. The number of benzene rings is 1. The summed E-state index contributed by atoms with van der Waals surface area (Å²) >= 11 is 1.41. The largest absolute Gasteiger partial charge is 0.478 e. The van der Waals surface area contributed by atoms with Crippen molar-refractivity contribution >= 4 is 17.7 Å². The minimum atomic E-state index is -1.09. The van der Waals surface area contributed by atoms with E-state index in [1.807, 2.05) is 19.4 Å². The van der Waals surface area contributed by atoms with Crippen molar-refractivity contribution in [1.82, 2.24) is 10.3 Å². The van der Waals surface area contributed by atoms with Crippen LogP contribution in [0.5, 0.6) is 11.5 Å². The van der Waals surface area contributed by atoms with Crippen molar-refractivity contribution in [3.05, 3.63) is 39.3 Å². The fourth-order valence-electron chi connectivity index (χ4n) is 4.69. The maximum absolute atomic E-state index is 12.8. The number of carboxylic acid groups (broad SMARTS) is 1. The summed E-state index contributed by atoms with van der Waals surface area (Å²) in [5.74, 6) is 0.128. The molecule has 0 spiro atoms. The summed E-state index contributed by atoms with van der Waals surface area (Å²) in [5.41, 5.74) is 1.68. The van der Waals surface area contributed by atoms with Crippen LogP contribution in [0, 0.1) is 19.8 Å². The predicted molar refractivity (Wildman–Crippen MR) is 121 cm³/mol. The lowest BCUT2D eigenvalue weighted by Crippen LogP contribution is -2.37. The Morgan fingerprint density at radius 1 is 1.19 bits per heavy atom. The molecule has 1 aliphatic heterocycles. The van der Waals surface area contributed by atoms with Gasteiger partial charge in [-0.15, -0.1) is 11.8 Å². The van der Waals surface area contributed by atoms with Crippen LogP contribution in [0.3, 0.4) is 0 Å². The Bertz CT molecular complexity index is 1070. The average molecular weight is 445 g/mol. The Morgan fingerprint density at radius 2 is 1.90 bits per heavy atom. The van der Waals surface area contributed by atoms with Crippen molar-refractivity contribution < 1.29 is 19.4 Å². The first-order valence-corrected chi connectivity index (χ1v) is 11.8. The average Bonchev–Trinajstić information content (AvgIpc) is 3.17. The highest BCUT2D eigenvalue weighted by molar-refractivity contribution is 7.98. The molecule has 1 unspecified atom stereocenters. The van der Waals surface area contributed by atoms with Crippen molar-refractivity contribution in [2.24, 2.45) is 5.92 Å². The molecular weight excluding hydrogens is 416 g/mol. The lowest BCUT2D eigenvalue weighted by molar-refractivity contribution is -0.0203. The summed E-state index contributed by atoms with van der Waals surface area (Å²) in [6.45, 7) is 3.53. The van der Waals surface area contributed by atoms with Gasteiger partial charge in [-0.3, -0.25) is 4.79 Å². The van der Waals surface area contributed by atoms with Gasteiger partial charge in [0.2, 0.25) is 6.29 Å². The van der Waals surface area contributed by atoms with E-state index < -0.39 is 12.3 Å². The van der Waals surface area contributed by atoms with Crippen LogP contribution in [0.1, 0.15) is 47.3 Å². The zero-order chi connectivity index (χ0) is 22.3. The summed E-state index contributed by atoms with van der Waals surface area (Å²) in [5, 5.41) is 13.3. The van der Waals surface area contributed by atoms with Gasteiger partial charge >= 0.3 is 5.97 Å². The third kappa shape index (κ3) is 3.94. The second-order valence-electron chi connectivity index (χ2n) is 8.29. The van der Waals surface area contributed by atoms with Gasteiger partial charge in [0.15, 0.2) is 11.5 Å². The third-order valence-corrected chi connectivity index (χ3v) is 7.12. The van der Waals surface area contributed by atoms with Crippen LogP contribution < -0.4 is 20.3 Å². The number of hydrogen-bond acceptors (Lipinski definition) is 6. The Morgan fingerprint density at radius 3 is 2.52 bits per heavy atom. The molecule has 1 aromatic heterocycles. The van der Waals surface area contributed by atoms with Gasteiger partial charge in [-0.05, 0) is 65.0 Å². The first-order chi connectivity index (χ1) is 14.8. The molecule has 3 N–H and O–H groups in total. The smallest absolute Gasteiger partial charge is 0.336 e. The van der Waals surface area contributed by atoms with Gasteiger partial charge in [0.1, 0.15) is 0 Å². The molecule has 31 heavy (non-hydrogen) atoms. The number of ether oxygens (including phenoxy) is 2. The molecule has 2 aromatic rings. The Kier molecular flexibility index (Phi) is 6.03. The number of H-pyrrole nitrogens is 1. The molecule has 1 saturated carbocycles. The van der Waals surface area contributed by atoms with Crippen molar-refractivity contribution in [3.8, 4) is 22.6 Å². The Hall–Kier alpha value is -2.45. The maximum atomic E-state index is 12.8. The van der Waals surface area contributed by atoms with Gasteiger partial charge in [-0.2, -0.15) is 0 Å². The molecule has 0 saturated heterocycles. The van der Waals surface area contributed by atoms with Gasteiger partial charge in [0.25, 0.3) is 5.56 Å². The minimum Gasteiger partial charge on any atom is -0.478 e. The quantitative estimate of drug-likeness (QED) is 0.600. The SMILES string of the molecule is CNC1CCC(C2Oc3cc(-c4c(SC)cc(C)[nH]c4=O)c(C(=O)O)c(C)c3O2)CC1. The fraction of sp³-hybridized carbons (Fsp3) is 0.478. The van der Waals surface area contributed by atoms with E-state index in [0.717, 1.165) is 36.3 Å². The number of rotatable bonds is 5. The predicted octanol–water partition coefficient (Wildman–Crippen LogP) is 3.95. The number of carboxylic acids is 1. The zero-order valence-corrected chi connectivity index (χ0v) is 19.0. The lowest BCUT2D eigenvalue weighted by atomic mass is 9.85. The number of aromatic carboxylic acids is 1. The molecule has 1 fully saturated rings. The Balaban J connectivity index is 1.76. The van der Waals surface area contributed by atoms with Gasteiger partial charge in [0, 0.05) is 33.7 Å². The normalized spacial score (nSPS) is 22.5. The van der Waals surface area contributed by atoms with Gasteiger partial charge in [-0.1, -0.05) is 0 Å². The molecule has 4 rings (SSSR count). The number of thioether (sulfide) groups is 1. The van der Waals surface area contributed by atoms with Gasteiger partial charge in [0.05, 0.1) is 11.1 Å². The van der Waals surface area contributed by atoms with Crippen LogP contribution in [0.15, 0.2) is 21.8 Å². The molecule has 166 valence electrons. The molecule has 0 amide bonds. The second-order valence-corrected chi connectivity index (χ2v) is 9.13. The van der Waals surface area contributed by atoms with Crippen LogP contribution in [0.2, 0.25) is 0 Å². The van der Waals surface area contributed by atoms with Crippen molar-refractivity contribution in [2.75, 3.05) is 13.3 Å². The van der Waals surface area contributed by atoms with E-state index in [1.165, 1.54) is 11.8 Å². The summed E-state index contributed by atoms with van der Waals surface area (Å²) in [4.78, 5) is 28.6. The van der Waals surface area contributed by atoms with Crippen molar-refractivity contribution in [1.29, 1.82) is 0 Å². The van der Waals surface area contributed by atoms with Crippen LogP contribution in [-0.2, 0) is 0 Å². The lowest BCUT2D eigenvalue weighted by Gasteiger charge is -2.30. The Labute approximate surface area is 185 Å². The molecule has 8 heteroatoms. The van der Waals surface area contributed by atoms with Gasteiger partial charge < -0.3 is 24.9 Å². The van der Waals surface area contributed by atoms with Crippen LogP contribution in [0.4, 0.5) is 0 Å². The zero-order valence-electron chi connectivity index (χ0n) is 18.2. The second kappa shape index (κ2) is 8.59. The number of pyridine rings is 1. The van der Waals surface area contributed by atoms with E-state index in [1.54, 1.807) is 19.9 Å². The van der Waals surface area contributed by atoms with Crippen LogP contribution in [0.25, 0.3) is 11.1 Å². The first-order valence-electron chi connectivity index (χ1n) is 10.5. The number of aryl methyl sites for hydroxylation is 1. The van der Waals surface area contributed by atoms with E-state index in [0.29, 0.717) is 34.2 Å². The first kappa shape index (κ1) is 21.8. The van der Waals surface area contributed by atoms with Crippen LogP contribution in [-0.4, -0.2) is 41.7 Å². The number of fused-ring (bicyclic) bond motifs is 1. The minimum absolute atomic E-state index is 0.0755. The fourth-order valence-corrected chi connectivity index (χ4v) is 5.39. The maximum Gasteiger partial charge on any atom is 0.336 e. The van der Waals surface area contributed by atoms with E-state index in [4.69, 9.17) is 9.47 Å². The number of carbonyl (C=O) groups is 1. The van der Waals surface area contributed by atoms with Crippen molar-refractivity contribution in [3.63, 3.8) is 0 Å². The van der Waals surface area contributed by atoms with Crippen molar-refractivity contribution in [2.45, 2.75) is 56.8 Å². The summed E-state index contributed by atoms with van der Waals surface area (Å²) in [6, 6.07) is 4.03. The molecule has 7 nitrogen and oxygen atoms in total. The molecule has 1 aromatic carbocycles. The monoisotopic (exact) mass is 444 g/mol. The molecule has 0 radical (unpaired) electrons. The molecule has 1 atom stereocenters. The number of nitrogens with one attached hydrogen (secondary N) is 2. The highest BCUT2D eigenvalue weighted by Crippen LogP contribution is 2.47. The standard InChI is InChI=1S/C23H28N2O5S/c1-11-9-17(31-4)19(21(26)25-11)15-10-16-20(12(2)18(15)22(27)28)30-23(29-16)13-5-7-14(24-3)8-6-13/h9-10,13-14,23-24H,5-8H2,1-4H3,(H,25,26)(H,27,28). The molecule has 0 bridgehead atoms. The summed E-state index contributed by atoms with van der Waals surface area (Å²) in [7, 11) is 1.98. The highest BCUT2D eigenvalue weighted by atomic mass is 32.2. The summed E-state index contributed by atoms with van der Waals surface area (Å²) < 4.78 is 12.3. The molecular formula is C23H28N2O5S. The topological polar surface area (TPSA) is 101 Å². The van der Waals surface area contributed by atoms with E-state index in [-0.39, 0.29) is 17.0 Å². The number of aromatic amines is 1. The number of aromatic nitrogens is 1. The van der Waals surface area contributed by atoms with E-state index >= 15 is 0 Å². The van der Waals surface area contributed by atoms with Crippen LogP contribution >= 0.6 is 11.8 Å². The molecule has 2 heterocycles. The van der Waals surface area contributed by atoms with E-state index in [2.05, 4.69) is 10.3 Å². The molecule has 2 aliphatic rings. The molecule has 1 aliphatic carbocycles. The summed E-state index contributed by atoms with van der Waals surface area (Å²) in [6.07, 6.45) is 5.52. The highest BCUT2D eigenvalue weighted by Gasteiger charge is 2.37. The van der Waals surface area contributed by atoms with E-state index in [9.17, 15) is 14.7 Å². The number of hydrogen-bond donors (Lipinski definition) is 3. The van der Waals surface area contributed by atoms with Gasteiger partial charge in [-0.25, -0.2) is 4.79 Å².